The van der Waals surface area contributed by atoms with E-state index in [2.05, 4.69) is 15.6 Å². The van der Waals surface area contributed by atoms with Gasteiger partial charge in [-0.25, -0.2) is 23.4 Å². The molecule has 13 heteroatoms. The molecule has 3 aromatic rings. The zero-order valence-electron chi connectivity index (χ0n) is 20.4. The fourth-order valence-corrected chi connectivity index (χ4v) is 3.50. The van der Waals surface area contributed by atoms with Gasteiger partial charge in [-0.3, -0.25) is 5.32 Å². The van der Waals surface area contributed by atoms with Crippen LogP contribution in [0.15, 0.2) is 48.7 Å². The number of aliphatic hydroxyl groups is 2. The van der Waals surface area contributed by atoms with Gasteiger partial charge in [-0.1, -0.05) is 23.7 Å². The summed E-state index contributed by atoms with van der Waals surface area (Å²) in [6.45, 7) is -1.26. The summed E-state index contributed by atoms with van der Waals surface area (Å²) in [5.74, 6) is -0.927. The second kappa shape index (κ2) is 13.8. The minimum Gasteiger partial charge on any atom is -0.447 e. The predicted molar refractivity (Wildman–Crippen MR) is 136 cm³/mol. The molecule has 204 valence electrons. The van der Waals surface area contributed by atoms with E-state index < -0.39 is 42.5 Å². The molecule has 0 saturated carbocycles. The molecule has 0 aliphatic rings. The van der Waals surface area contributed by atoms with Crippen LogP contribution in [0, 0.1) is 11.6 Å². The molecular formula is C25H27ClF2N4O6. The number of anilines is 1. The van der Waals surface area contributed by atoms with Crippen LogP contribution in [0.1, 0.15) is 5.56 Å². The van der Waals surface area contributed by atoms with Crippen molar-refractivity contribution in [2.24, 2.45) is 0 Å². The van der Waals surface area contributed by atoms with Gasteiger partial charge in [0, 0.05) is 25.2 Å². The highest BCUT2D eigenvalue weighted by atomic mass is 35.5. The number of nitrogens with zero attached hydrogens (tertiary/aromatic N) is 2. The molecule has 10 nitrogen and oxygen atoms in total. The van der Waals surface area contributed by atoms with E-state index in [9.17, 15) is 23.5 Å². The van der Waals surface area contributed by atoms with Crippen molar-refractivity contribution in [3.05, 3.63) is 70.9 Å². The number of benzene rings is 2. The van der Waals surface area contributed by atoms with Gasteiger partial charge in [0.1, 0.15) is 30.2 Å². The lowest BCUT2D eigenvalue weighted by Crippen LogP contribution is -2.48. The average molecular weight is 553 g/mol. The number of hydrogen-bond donors (Lipinski definition) is 4. The van der Waals surface area contributed by atoms with Crippen molar-refractivity contribution in [2.45, 2.75) is 18.7 Å². The van der Waals surface area contributed by atoms with Crippen molar-refractivity contribution in [3.8, 4) is 0 Å². The second-order valence-corrected chi connectivity index (χ2v) is 8.67. The molecule has 2 atom stereocenters. The van der Waals surface area contributed by atoms with Crippen LogP contribution in [0.25, 0.3) is 10.8 Å². The molecule has 38 heavy (non-hydrogen) atoms. The third kappa shape index (κ3) is 8.21. The lowest BCUT2D eigenvalue weighted by molar-refractivity contribution is -0.0154. The number of nitrogens with one attached hydrogen (secondary N) is 2. The summed E-state index contributed by atoms with van der Waals surface area (Å²) in [5, 5.41) is 24.6. The molecule has 0 fully saturated rings. The Morgan fingerprint density at radius 3 is 2.68 bits per heavy atom. The Morgan fingerprint density at radius 1 is 1.13 bits per heavy atom. The Kier molecular flexibility index (Phi) is 10.5. The fraction of sp³-hybridized carbons (Fsp3) is 0.320. The Morgan fingerprint density at radius 2 is 1.92 bits per heavy atom. The molecule has 0 bridgehead atoms. The number of hydrogen-bond acceptors (Lipinski definition) is 7. The van der Waals surface area contributed by atoms with Gasteiger partial charge >= 0.3 is 12.1 Å². The SMILES string of the molecule is CN(C(=O)NCc1cccc(F)c1Cl)[C@@H](COC[C@@H](O)CO)COC(=O)Nc1cc2cc(F)ccc2cn1. The highest BCUT2D eigenvalue weighted by Gasteiger charge is 2.23. The molecular weight excluding hydrogens is 526 g/mol. The van der Waals surface area contributed by atoms with Gasteiger partial charge in [0.05, 0.1) is 30.9 Å². The maximum atomic E-state index is 13.7. The monoisotopic (exact) mass is 552 g/mol. The largest absolute Gasteiger partial charge is 0.447 e. The normalized spacial score (nSPS) is 12.6. The van der Waals surface area contributed by atoms with Crippen LogP contribution in [-0.2, 0) is 16.0 Å². The summed E-state index contributed by atoms with van der Waals surface area (Å²) in [4.78, 5) is 30.4. The molecule has 1 heterocycles. The maximum absolute atomic E-state index is 13.7. The summed E-state index contributed by atoms with van der Waals surface area (Å²) >= 11 is 5.93. The summed E-state index contributed by atoms with van der Waals surface area (Å²) in [6, 6.07) is 8.45. The Balaban J connectivity index is 1.60. The van der Waals surface area contributed by atoms with Crippen LogP contribution in [0.5, 0.6) is 0 Å². The smallest absolute Gasteiger partial charge is 0.412 e. The third-order valence-corrected chi connectivity index (χ3v) is 5.90. The van der Waals surface area contributed by atoms with Crippen LogP contribution in [0.3, 0.4) is 0 Å². The first-order chi connectivity index (χ1) is 18.2. The third-order valence-electron chi connectivity index (χ3n) is 5.48. The zero-order valence-corrected chi connectivity index (χ0v) is 21.1. The van der Waals surface area contributed by atoms with Crippen molar-refractivity contribution in [1.29, 1.82) is 0 Å². The molecule has 0 spiro atoms. The number of aliphatic hydroxyl groups excluding tert-OH is 2. The first-order valence-corrected chi connectivity index (χ1v) is 11.8. The molecule has 0 aliphatic carbocycles. The quantitative estimate of drug-likeness (QED) is 0.287. The molecule has 0 unspecified atom stereocenters. The van der Waals surface area contributed by atoms with Gasteiger partial charge in [0.15, 0.2) is 0 Å². The van der Waals surface area contributed by atoms with Crippen LogP contribution < -0.4 is 10.6 Å². The van der Waals surface area contributed by atoms with Crippen molar-refractivity contribution >= 4 is 40.3 Å². The second-order valence-electron chi connectivity index (χ2n) is 8.29. The Hall–Kier alpha value is -3.58. The number of carbonyl (C=O) groups excluding carboxylic acids is 2. The number of ether oxygens (including phenoxy) is 2. The molecule has 0 radical (unpaired) electrons. The fourth-order valence-electron chi connectivity index (χ4n) is 3.30. The van der Waals surface area contributed by atoms with Gasteiger partial charge in [-0.2, -0.15) is 0 Å². The number of rotatable bonds is 11. The number of amides is 3. The standard InChI is InChI=1S/C25H27ClF2N4O6/c1-32(24(35)30-10-16-3-2-4-21(28)23(16)26)19(12-37-14-20(34)11-33)13-38-25(36)31-22-8-17-7-18(27)6-5-15(17)9-29-22/h2-9,19-20,33-34H,10-14H2,1H3,(H,30,35)(H,29,31,36)/t19-,20-/m0/s1. The molecule has 0 aliphatic heterocycles. The number of urea groups is 1. The lowest BCUT2D eigenvalue weighted by atomic mass is 10.2. The van der Waals surface area contributed by atoms with E-state index in [1.54, 1.807) is 12.1 Å². The molecule has 4 N–H and O–H groups in total. The van der Waals surface area contributed by atoms with Crippen molar-refractivity contribution in [2.75, 3.05) is 38.8 Å². The number of aromatic nitrogens is 1. The first-order valence-electron chi connectivity index (χ1n) is 11.5. The van der Waals surface area contributed by atoms with Crippen molar-refractivity contribution in [1.82, 2.24) is 15.2 Å². The first kappa shape index (κ1) is 29.0. The molecule has 3 amide bonds. The van der Waals surface area contributed by atoms with Crippen LogP contribution in [-0.4, -0.2) is 77.8 Å². The van der Waals surface area contributed by atoms with E-state index in [1.165, 1.54) is 48.5 Å². The van der Waals surface area contributed by atoms with Gasteiger partial charge in [0.2, 0.25) is 0 Å². The van der Waals surface area contributed by atoms with E-state index in [0.717, 1.165) is 0 Å². The highest BCUT2D eigenvalue weighted by molar-refractivity contribution is 6.31. The Labute approximate surface area is 222 Å². The van der Waals surface area contributed by atoms with Gasteiger partial charge < -0.3 is 29.9 Å². The van der Waals surface area contributed by atoms with E-state index in [0.29, 0.717) is 16.3 Å². The summed E-state index contributed by atoms with van der Waals surface area (Å²) < 4.78 is 37.8. The number of pyridine rings is 1. The van der Waals surface area contributed by atoms with Crippen molar-refractivity contribution < 1.29 is 38.1 Å². The number of fused-ring (bicyclic) bond motifs is 1. The maximum Gasteiger partial charge on any atom is 0.412 e. The lowest BCUT2D eigenvalue weighted by Gasteiger charge is -2.28. The average Bonchev–Trinajstić information content (AvgIpc) is 2.90. The Bertz CT molecular complexity index is 1270. The van der Waals surface area contributed by atoms with E-state index in [4.69, 9.17) is 26.2 Å². The van der Waals surface area contributed by atoms with Gasteiger partial charge in [0.25, 0.3) is 0 Å². The number of halogens is 3. The number of likely N-dealkylation sites (N-methyl/N-ethyl adjacent to an activating group) is 1. The molecule has 3 rings (SSSR count). The van der Waals surface area contributed by atoms with Crippen LogP contribution >= 0.6 is 11.6 Å². The highest BCUT2D eigenvalue weighted by Crippen LogP contribution is 2.20. The summed E-state index contributed by atoms with van der Waals surface area (Å²) in [5.41, 5.74) is 0.366. The van der Waals surface area contributed by atoms with E-state index in [1.807, 2.05) is 0 Å². The summed E-state index contributed by atoms with van der Waals surface area (Å²) in [6.07, 6.45) is -0.539. The molecule has 2 aromatic carbocycles. The topological polar surface area (TPSA) is 133 Å². The summed E-state index contributed by atoms with van der Waals surface area (Å²) in [7, 11) is 1.43. The van der Waals surface area contributed by atoms with Crippen LogP contribution in [0.2, 0.25) is 5.02 Å². The molecule has 0 saturated heterocycles. The minimum absolute atomic E-state index is 0.0634. The number of carbonyl (C=O) groups is 2. The predicted octanol–water partition coefficient (Wildman–Crippen LogP) is 3.29. The van der Waals surface area contributed by atoms with Crippen LogP contribution in [0.4, 0.5) is 24.2 Å². The minimum atomic E-state index is -1.13. The zero-order chi connectivity index (χ0) is 27.7. The molecule has 1 aromatic heterocycles. The van der Waals surface area contributed by atoms with Gasteiger partial charge in [-0.15, -0.1) is 0 Å². The van der Waals surface area contributed by atoms with E-state index in [-0.39, 0.29) is 37.2 Å². The van der Waals surface area contributed by atoms with Gasteiger partial charge in [-0.05, 0) is 41.3 Å². The van der Waals surface area contributed by atoms with E-state index >= 15 is 0 Å². The van der Waals surface area contributed by atoms with Crippen molar-refractivity contribution in [3.63, 3.8) is 0 Å².